The Labute approximate surface area is 186 Å². The summed E-state index contributed by atoms with van der Waals surface area (Å²) < 4.78 is 9.94. The van der Waals surface area contributed by atoms with Crippen LogP contribution < -0.4 is 20.7 Å². The minimum absolute atomic E-state index is 0.214. The number of carbonyl (C=O) groups excluding carboxylic acids is 3. The molecule has 0 bridgehead atoms. The summed E-state index contributed by atoms with van der Waals surface area (Å²) in [6, 6.07) is 11.5. The highest BCUT2D eigenvalue weighted by atomic mass is 35.5. The van der Waals surface area contributed by atoms with Gasteiger partial charge in [-0.1, -0.05) is 11.6 Å². The lowest BCUT2D eigenvalue weighted by Gasteiger charge is -2.10. The fourth-order valence-corrected chi connectivity index (χ4v) is 2.92. The predicted octanol–water partition coefficient (Wildman–Crippen LogP) is 2.87. The first-order valence-corrected chi connectivity index (χ1v) is 10.1. The number of rotatable bonds is 11. The van der Waals surface area contributed by atoms with E-state index in [9.17, 15) is 14.4 Å². The Morgan fingerprint density at radius 2 is 1.65 bits per heavy atom. The van der Waals surface area contributed by atoms with Crippen LogP contribution in [0.5, 0.6) is 5.75 Å². The number of nitrogens with one attached hydrogen (secondary N) is 3. The molecule has 0 fully saturated rings. The summed E-state index contributed by atoms with van der Waals surface area (Å²) in [7, 11) is 3.11. The summed E-state index contributed by atoms with van der Waals surface area (Å²) in [5.41, 5.74) is 1.33. The molecule has 0 aliphatic rings. The summed E-state index contributed by atoms with van der Waals surface area (Å²) in [6.07, 6.45) is 0.696. The molecule has 0 spiro atoms. The molecule has 0 unspecified atom stereocenters. The molecule has 0 aliphatic heterocycles. The van der Waals surface area contributed by atoms with Crippen molar-refractivity contribution in [3.63, 3.8) is 0 Å². The number of hydrogen-bond donors (Lipinski definition) is 3. The van der Waals surface area contributed by atoms with Crippen molar-refractivity contribution < 1.29 is 23.9 Å². The van der Waals surface area contributed by atoms with Crippen LogP contribution in [0.25, 0.3) is 0 Å². The molecule has 3 N–H and O–H groups in total. The molecule has 2 aromatic rings. The SMILES string of the molecule is COCCNC(=O)c1ccc(NC(=O)CCCNC(=O)c2ccc(OC)cc2)cc1Cl. The third-order valence-electron chi connectivity index (χ3n) is 4.31. The maximum atomic E-state index is 12.1. The normalized spacial score (nSPS) is 10.3. The maximum Gasteiger partial charge on any atom is 0.252 e. The van der Waals surface area contributed by atoms with Gasteiger partial charge in [0.05, 0.1) is 24.3 Å². The fraction of sp³-hybridized carbons (Fsp3) is 0.318. The molecule has 9 heteroatoms. The van der Waals surface area contributed by atoms with E-state index in [0.717, 1.165) is 0 Å². The molecule has 0 heterocycles. The second-order valence-corrected chi connectivity index (χ2v) is 6.99. The van der Waals surface area contributed by atoms with Crippen LogP contribution in [0, 0.1) is 0 Å². The molecule has 0 saturated heterocycles. The van der Waals surface area contributed by atoms with Gasteiger partial charge >= 0.3 is 0 Å². The van der Waals surface area contributed by atoms with Crippen LogP contribution in [0.4, 0.5) is 5.69 Å². The zero-order valence-electron chi connectivity index (χ0n) is 17.5. The summed E-state index contributed by atoms with van der Waals surface area (Å²) in [5.74, 6) is -0.0677. The average molecular weight is 448 g/mol. The fourth-order valence-electron chi connectivity index (χ4n) is 2.66. The Hall–Kier alpha value is -3.10. The highest BCUT2D eigenvalue weighted by molar-refractivity contribution is 6.34. The first-order valence-electron chi connectivity index (χ1n) is 9.73. The number of carbonyl (C=O) groups is 3. The lowest BCUT2D eigenvalue weighted by molar-refractivity contribution is -0.116. The molecular formula is C22H26ClN3O5. The van der Waals surface area contributed by atoms with Crippen LogP contribution in [0.2, 0.25) is 5.02 Å². The first-order chi connectivity index (χ1) is 14.9. The number of halogens is 1. The van der Waals surface area contributed by atoms with Crippen molar-refractivity contribution in [2.24, 2.45) is 0 Å². The van der Waals surface area contributed by atoms with Gasteiger partial charge in [0.1, 0.15) is 5.75 Å². The van der Waals surface area contributed by atoms with E-state index in [4.69, 9.17) is 21.1 Å². The third-order valence-corrected chi connectivity index (χ3v) is 4.62. The molecular weight excluding hydrogens is 422 g/mol. The van der Waals surface area contributed by atoms with E-state index in [1.165, 1.54) is 6.07 Å². The van der Waals surface area contributed by atoms with E-state index in [2.05, 4.69) is 16.0 Å². The zero-order chi connectivity index (χ0) is 22.6. The molecule has 166 valence electrons. The second-order valence-electron chi connectivity index (χ2n) is 6.58. The quantitative estimate of drug-likeness (QED) is 0.459. The van der Waals surface area contributed by atoms with Gasteiger partial charge in [0.15, 0.2) is 0 Å². The van der Waals surface area contributed by atoms with Crippen molar-refractivity contribution in [3.8, 4) is 5.75 Å². The van der Waals surface area contributed by atoms with E-state index < -0.39 is 0 Å². The molecule has 0 radical (unpaired) electrons. The van der Waals surface area contributed by atoms with Gasteiger partial charge in [-0.25, -0.2) is 0 Å². The first kappa shape index (κ1) is 24.2. The topological polar surface area (TPSA) is 106 Å². The van der Waals surface area contributed by atoms with Gasteiger partial charge in [-0.3, -0.25) is 14.4 Å². The van der Waals surface area contributed by atoms with Crippen molar-refractivity contribution in [3.05, 3.63) is 58.6 Å². The van der Waals surface area contributed by atoms with Gasteiger partial charge in [-0.2, -0.15) is 0 Å². The van der Waals surface area contributed by atoms with E-state index >= 15 is 0 Å². The van der Waals surface area contributed by atoms with E-state index in [1.54, 1.807) is 50.6 Å². The molecule has 0 atom stereocenters. The van der Waals surface area contributed by atoms with Crippen LogP contribution in [0.3, 0.4) is 0 Å². The molecule has 0 aromatic heterocycles. The molecule has 0 aliphatic carbocycles. The Kier molecular flexibility index (Phi) is 9.80. The van der Waals surface area contributed by atoms with Crippen molar-refractivity contribution in [2.45, 2.75) is 12.8 Å². The summed E-state index contributed by atoms with van der Waals surface area (Å²) in [6.45, 7) is 1.14. The average Bonchev–Trinajstić information content (AvgIpc) is 2.76. The highest BCUT2D eigenvalue weighted by Gasteiger charge is 2.12. The van der Waals surface area contributed by atoms with Gasteiger partial charge in [0, 0.05) is 37.9 Å². The summed E-state index contributed by atoms with van der Waals surface area (Å²) >= 11 is 6.16. The van der Waals surface area contributed by atoms with Gasteiger partial charge in [-0.05, 0) is 48.9 Å². The molecule has 8 nitrogen and oxygen atoms in total. The molecule has 0 saturated carbocycles. The molecule has 31 heavy (non-hydrogen) atoms. The van der Waals surface area contributed by atoms with Crippen LogP contribution in [0.15, 0.2) is 42.5 Å². The number of anilines is 1. The predicted molar refractivity (Wildman–Crippen MR) is 119 cm³/mol. The lowest BCUT2D eigenvalue weighted by Crippen LogP contribution is -2.27. The van der Waals surface area contributed by atoms with Crippen LogP contribution in [-0.2, 0) is 9.53 Å². The maximum absolute atomic E-state index is 12.1. The lowest BCUT2D eigenvalue weighted by atomic mass is 10.2. The van der Waals surface area contributed by atoms with Crippen LogP contribution >= 0.6 is 11.6 Å². The van der Waals surface area contributed by atoms with E-state index in [1.807, 2.05) is 0 Å². The van der Waals surface area contributed by atoms with E-state index in [-0.39, 0.29) is 29.2 Å². The Morgan fingerprint density at radius 3 is 2.29 bits per heavy atom. The van der Waals surface area contributed by atoms with Crippen molar-refractivity contribution in [1.82, 2.24) is 10.6 Å². The van der Waals surface area contributed by atoms with Gasteiger partial charge in [-0.15, -0.1) is 0 Å². The number of benzene rings is 2. The third kappa shape index (κ3) is 7.92. The monoisotopic (exact) mass is 447 g/mol. The zero-order valence-corrected chi connectivity index (χ0v) is 18.3. The summed E-state index contributed by atoms with van der Waals surface area (Å²) in [4.78, 5) is 36.3. The molecule has 3 amide bonds. The molecule has 2 aromatic carbocycles. The van der Waals surface area contributed by atoms with Crippen molar-refractivity contribution >= 4 is 35.0 Å². The van der Waals surface area contributed by atoms with Gasteiger partial charge < -0.3 is 25.4 Å². The number of methoxy groups -OCH3 is 2. The standard InChI is InChI=1S/C22H26ClN3O5/c1-30-13-12-25-22(29)18-10-7-16(14-19(18)23)26-20(27)4-3-11-24-21(28)15-5-8-17(31-2)9-6-15/h5-10,14H,3-4,11-13H2,1-2H3,(H,24,28)(H,25,29)(H,26,27). The Bertz CT molecular complexity index is 903. The largest absolute Gasteiger partial charge is 0.497 e. The van der Waals surface area contributed by atoms with Gasteiger partial charge in [0.2, 0.25) is 5.91 Å². The molecule has 2 rings (SSSR count). The Balaban J connectivity index is 1.74. The smallest absolute Gasteiger partial charge is 0.252 e. The summed E-state index contributed by atoms with van der Waals surface area (Å²) in [5, 5.41) is 8.42. The minimum Gasteiger partial charge on any atom is -0.497 e. The Morgan fingerprint density at radius 1 is 0.935 bits per heavy atom. The highest BCUT2D eigenvalue weighted by Crippen LogP contribution is 2.21. The van der Waals surface area contributed by atoms with Crippen molar-refractivity contribution in [2.75, 3.05) is 39.2 Å². The van der Waals surface area contributed by atoms with Crippen molar-refractivity contribution in [1.29, 1.82) is 0 Å². The van der Waals surface area contributed by atoms with E-state index in [0.29, 0.717) is 48.7 Å². The number of hydrogen-bond acceptors (Lipinski definition) is 5. The van der Waals surface area contributed by atoms with Gasteiger partial charge in [0.25, 0.3) is 11.8 Å². The van der Waals surface area contributed by atoms with Crippen LogP contribution in [0.1, 0.15) is 33.6 Å². The number of amides is 3. The second kappa shape index (κ2) is 12.6. The van der Waals surface area contributed by atoms with Crippen LogP contribution in [-0.4, -0.2) is 51.6 Å². The minimum atomic E-state index is -0.312. The number of ether oxygens (including phenoxy) is 2.